The number of nitrogens with one attached hydrogen (secondary N) is 1. The summed E-state index contributed by atoms with van der Waals surface area (Å²) in [6.45, 7) is 0. The number of benzene rings is 1. The van der Waals surface area contributed by atoms with Crippen molar-refractivity contribution >= 4 is 27.5 Å². The third-order valence-electron chi connectivity index (χ3n) is 3.08. The number of carbonyl (C=O) groups is 1. The second-order valence-electron chi connectivity index (χ2n) is 4.52. The van der Waals surface area contributed by atoms with Crippen LogP contribution in [-0.4, -0.2) is 32.8 Å². The first-order valence-corrected chi connectivity index (χ1v) is 7.44. The molecule has 2 aromatic heterocycles. The smallest absolute Gasteiger partial charge is 0.275 e. The number of halogens is 1. The molecule has 7 nitrogen and oxygen atoms in total. The maximum atomic E-state index is 12.5. The van der Waals surface area contributed by atoms with Crippen LogP contribution in [0.3, 0.4) is 0 Å². The number of carbonyl (C=O) groups excluding carboxylic acids is 1. The van der Waals surface area contributed by atoms with Crippen molar-refractivity contribution in [2.75, 3.05) is 12.4 Å². The zero-order chi connectivity index (χ0) is 16.2. The molecule has 116 valence electrons. The van der Waals surface area contributed by atoms with E-state index in [1.54, 1.807) is 35.9 Å². The Morgan fingerprint density at radius 2 is 1.91 bits per heavy atom. The zero-order valence-corrected chi connectivity index (χ0v) is 13.7. The Balaban J connectivity index is 1.91. The second-order valence-corrected chi connectivity index (χ2v) is 5.38. The predicted octanol–water partition coefficient (Wildman–Crippen LogP) is 2.69. The molecule has 8 heteroatoms. The van der Waals surface area contributed by atoms with Crippen molar-refractivity contribution in [1.82, 2.24) is 19.7 Å². The number of pyridine rings is 1. The highest BCUT2D eigenvalue weighted by atomic mass is 79.9. The van der Waals surface area contributed by atoms with E-state index in [-0.39, 0.29) is 11.6 Å². The van der Waals surface area contributed by atoms with E-state index in [0.29, 0.717) is 21.7 Å². The van der Waals surface area contributed by atoms with Crippen LogP contribution in [-0.2, 0) is 0 Å². The maximum absolute atomic E-state index is 12.5. The molecule has 3 aromatic rings. The first-order chi connectivity index (χ1) is 11.2. The Kier molecular flexibility index (Phi) is 4.33. The average molecular weight is 374 g/mol. The number of rotatable bonds is 4. The number of methoxy groups -OCH3 is 1. The van der Waals surface area contributed by atoms with Crippen LogP contribution in [0.25, 0.3) is 5.82 Å². The summed E-state index contributed by atoms with van der Waals surface area (Å²) < 4.78 is 7.43. The van der Waals surface area contributed by atoms with Gasteiger partial charge in [-0.25, -0.2) is 4.98 Å². The summed E-state index contributed by atoms with van der Waals surface area (Å²) in [6.07, 6.45) is 3.02. The molecule has 0 aliphatic heterocycles. The molecule has 3 rings (SSSR count). The molecule has 0 aliphatic rings. The lowest BCUT2D eigenvalue weighted by atomic mass is 10.2. The number of para-hydroxylation sites is 2. The number of aromatic nitrogens is 4. The van der Waals surface area contributed by atoms with Gasteiger partial charge >= 0.3 is 0 Å². The van der Waals surface area contributed by atoms with Crippen molar-refractivity contribution < 1.29 is 9.53 Å². The fourth-order valence-corrected chi connectivity index (χ4v) is 2.38. The van der Waals surface area contributed by atoms with Gasteiger partial charge in [-0.3, -0.25) is 9.36 Å². The van der Waals surface area contributed by atoms with Gasteiger partial charge in [-0.05, 0) is 40.2 Å². The van der Waals surface area contributed by atoms with Gasteiger partial charge in [0.05, 0.1) is 12.8 Å². The largest absolute Gasteiger partial charge is 0.495 e. The van der Waals surface area contributed by atoms with Crippen LogP contribution in [0.2, 0.25) is 0 Å². The quantitative estimate of drug-likeness (QED) is 0.760. The van der Waals surface area contributed by atoms with Crippen molar-refractivity contribution in [3.8, 4) is 11.6 Å². The first-order valence-electron chi connectivity index (χ1n) is 6.65. The van der Waals surface area contributed by atoms with Gasteiger partial charge in [0.2, 0.25) is 0 Å². The standard InChI is InChI=1S/C15H12BrN5O2/c1-23-12-5-3-2-4-11(12)19-15(22)14-10(16)6-7-13(20-14)21-8-17-18-9-21/h2-9H,1H3,(H,19,22). The van der Waals surface area contributed by atoms with Crippen LogP contribution in [0.4, 0.5) is 5.69 Å². The summed E-state index contributed by atoms with van der Waals surface area (Å²) in [5.74, 6) is 0.770. The van der Waals surface area contributed by atoms with Crippen molar-refractivity contribution in [3.63, 3.8) is 0 Å². The molecule has 2 heterocycles. The van der Waals surface area contributed by atoms with Crippen LogP contribution in [0.5, 0.6) is 5.75 Å². The van der Waals surface area contributed by atoms with Gasteiger partial charge in [0.1, 0.15) is 29.9 Å². The summed E-state index contributed by atoms with van der Waals surface area (Å²) in [6, 6.07) is 10.7. The molecule has 1 amide bonds. The molecule has 0 saturated heterocycles. The van der Waals surface area contributed by atoms with Gasteiger partial charge in [-0.2, -0.15) is 0 Å². The highest BCUT2D eigenvalue weighted by Gasteiger charge is 2.15. The lowest BCUT2D eigenvalue weighted by molar-refractivity contribution is 0.102. The number of hydrogen-bond acceptors (Lipinski definition) is 5. The Hall–Kier alpha value is -2.74. The van der Waals surface area contributed by atoms with E-state index in [9.17, 15) is 4.79 Å². The molecular formula is C15H12BrN5O2. The van der Waals surface area contributed by atoms with Crippen LogP contribution in [0, 0.1) is 0 Å². The Morgan fingerprint density at radius 1 is 1.17 bits per heavy atom. The van der Waals surface area contributed by atoms with Gasteiger partial charge in [-0.15, -0.1) is 10.2 Å². The van der Waals surface area contributed by atoms with E-state index >= 15 is 0 Å². The molecule has 0 aliphatic carbocycles. The molecule has 1 aromatic carbocycles. The fraction of sp³-hybridized carbons (Fsp3) is 0.0667. The molecule has 0 bridgehead atoms. The Labute approximate surface area is 140 Å². The minimum atomic E-state index is -0.351. The van der Waals surface area contributed by atoms with Crippen molar-refractivity contribution in [3.05, 3.63) is 59.2 Å². The van der Waals surface area contributed by atoms with E-state index < -0.39 is 0 Å². The lowest BCUT2D eigenvalue weighted by Gasteiger charge is -2.11. The van der Waals surface area contributed by atoms with Crippen LogP contribution in [0.15, 0.2) is 53.5 Å². The van der Waals surface area contributed by atoms with E-state index in [2.05, 4.69) is 36.4 Å². The number of ether oxygens (including phenoxy) is 1. The molecule has 0 unspecified atom stereocenters. The number of hydrogen-bond donors (Lipinski definition) is 1. The SMILES string of the molecule is COc1ccccc1NC(=O)c1nc(-n2cnnc2)ccc1Br. The molecule has 23 heavy (non-hydrogen) atoms. The molecule has 1 N–H and O–H groups in total. The van der Waals surface area contributed by atoms with Gasteiger partial charge in [0, 0.05) is 4.47 Å². The van der Waals surface area contributed by atoms with Crippen molar-refractivity contribution in [2.45, 2.75) is 0 Å². The summed E-state index contributed by atoms with van der Waals surface area (Å²) in [4.78, 5) is 16.9. The fourth-order valence-electron chi connectivity index (χ4n) is 1.98. The second kappa shape index (κ2) is 6.57. The van der Waals surface area contributed by atoms with Crippen LogP contribution >= 0.6 is 15.9 Å². The van der Waals surface area contributed by atoms with Crippen LogP contribution in [0.1, 0.15) is 10.5 Å². The molecule has 0 radical (unpaired) electrons. The maximum Gasteiger partial charge on any atom is 0.275 e. The molecular weight excluding hydrogens is 362 g/mol. The summed E-state index contributed by atoms with van der Waals surface area (Å²) in [5, 5.41) is 10.3. The minimum Gasteiger partial charge on any atom is -0.495 e. The molecule has 0 saturated carbocycles. The van der Waals surface area contributed by atoms with E-state index in [1.807, 2.05) is 12.1 Å². The number of amides is 1. The minimum absolute atomic E-state index is 0.252. The van der Waals surface area contributed by atoms with E-state index in [0.717, 1.165) is 0 Å². The summed E-state index contributed by atoms with van der Waals surface area (Å²) in [7, 11) is 1.55. The summed E-state index contributed by atoms with van der Waals surface area (Å²) in [5.41, 5.74) is 0.825. The number of anilines is 1. The van der Waals surface area contributed by atoms with Gasteiger partial charge in [-0.1, -0.05) is 12.1 Å². The van der Waals surface area contributed by atoms with Crippen LogP contribution < -0.4 is 10.1 Å². The van der Waals surface area contributed by atoms with Crippen molar-refractivity contribution in [2.24, 2.45) is 0 Å². The monoisotopic (exact) mass is 373 g/mol. The van der Waals surface area contributed by atoms with Gasteiger partial charge in [0.15, 0.2) is 0 Å². The molecule has 0 spiro atoms. The normalized spacial score (nSPS) is 10.3. The zero-order valence-electron chi connectivity index (χ0n) is 12.1. The summed E-state index contributed by atoms with van der Waals surface area (Å²) >= 11 is 3.35. The first kappa shape index (κ1) is 15.2. The van der Waals surface area contributed by atoms with Crippen molar-refractivity contribution in [1.29, 1.82) is 0 Å². The van der Waals surface area contributed by atoms with E-state index in [1.165, 1.54) is 12.7 Å². The lowest BCUT2D eigenvalue weighted by Crippen LogP contribution is -2.16. The number of nitrogens with zero attached hydrogens (tertiary/aromatic N) is 4. The Bertz CT molecular complexity index is 836. The van der Waals surface area contributed by atoms with Gasteiger partial charge < -0.3 is 10.1 Å². The highest BCUT2D eigenvalue weighted by molar-refractivity contribution is 9.10. The molecule has 0 atom stereocenters. The third kappa shape index (κ3) is 3.21. The predicted molar refractivity (Wildman–Crippen MR) is 87.8 cm³/mol. The average Bonchev–Trinajstić information content (AvgIpc) is 3.10. The Morgan fingerprint density at radius 3 is 2.65 bits per heavy atom. The third-order valence-corrected chi connectivity index (χ3v) is 3.72. The highest BCUT2D eigenvalue weighted by Crippen LogP contribution is 2.25. The molecule has 0 fully saturated rings. The van der Waals surface area contributed by atoms with Gasteiger partial charge in [0.25, 0.3) is 5.91 Å². The van der Waals surface area contributed by atoms with E-state index in [4.69, 9.17) is 4.74 Å². The topological polar surface area (TPSA) is 81.9 Å².